The Kier molecular flexibility index (Phi) is 1.91. The molecular formula is C13H8BrNO. The van der Waals surface area contributed by atoms with Crippen molar-refractivity contribution >= 4 is 44.2 Å². The van der Waals surface area contributed by atoms with Crippen LogP contribution in [0.3, 0.4) is 0 Å². The van der Waals surface area contributed by atoms with Gasteiger partial charge >= 0.3 is 0 Å². The Balaban J connectivity index is 2.56. The number of nitrogens with two attached hydrogens (primary N) is 1. The van der Waals surface area contributed by atoms with E-state index in [1.54, 1.807) is 0 Å². The van der Waals surface area contributed by atoms with Gasteiger partial charge in [-0.25, -0.2) is 0 Å². The normalized spacial score (nSPS) is 14.1. The number of hydrogen-bond acceptors (Lipinski definition) is 2. The van der Waals surface area contributed by atoms with Crippen LogP contribution in [0.2, 0.25) is 0 Å². The molecule has 1 aliphatic rings. The van der Waals surface area contributed by atoms with Gasteiger partial charge in [-0.05, 0) is 33.6 Å². The lowest BCUT2D eigenvalue weighted by atomic mass is 9.92. The van der Waals surface area contributed by atoms with Gasteiger partial charge in [0.05, 0.1) is 4.48 Å². The van der Waals surface area contributed by atoms with E-state index in [1.165, 1.54) is 0 Å². The van der Waals surface area contributed by atoms with Crippen molar-refractivity contribution < 1.29 is 4.79 Å². The highest BCUT2D eigenvalue weighted by Gasteiger charge is 2.20. The molecule has 2 aromatic rings. The van der Waals surface area contributed by atoms with Crippen molar-refractivity contribution in [3.8, 4) is 0 Å². The van der Waals surface area contributed by atoms with Gasteiger partial charge in [-0.1, -0.05) is 24.3 Å². The molecule has 2 N–H and O–H groups in total. The Morgan fingerprint density at radius 2 is 1.94 bits per heavy atom. The number of anilines is 1. The van der Waals surface area contributed by atoms with Crippen LogP contribution in [0.15, 0.2) is 34.8 Å². The van der Waals surface area contributed by atoms with Crippen molar-refractivity contribution in [3.63, 3.8) is 0 Å². The standard InChI is InChI=1S/C13H8BrNO/c14-10-6-7-4-5-11(15)8-2-1-3-9(12(7)8)13(10)16/h1-6H,15H2. The maximum atomic E-state index is 12.0. The van der Waals surface area contributed by atoms with Gasteiger partial charge in [-0.2, -0.15) is 0 Å². The van der Waals surface area contributed by atoms with Gasteiger partial charge in [-0.15, -0.1) is 0 Å². The van der Waals surface area contributed by atoms with E-state index in [1.807, 2.05) is 36.4 Å². The number of carbonyl (C=O) groups excluding carboxylic acids is 1. The molecule has 0 heterocycles. The highest BCUT2D eigenvalue weighted by atomic mass is 79.9. The lowest BCUT2D eigenvalue weighted by molar-refractivity contribution is 0.104. The van der Waals surface area contributed by atoms with Crippen LogP contribution in [0.1, 0.15) is 15.9 Å². The summed E-state index contributed by atoms with van der Waals surface area (Å²) < 4.78 is 0.595. The first-order valence-corrected chi connectivity index (χ1v) is 5.71. The van der Waals surface area contributed by atoms with E-state index in [0.717, 1.165) is 16.3 Å². The molecule has 0 bridgehead atoms. The Morgan fingerprint density at radius 1 is 1.12 bits per heavy atom. The monoisotopic (exact) mass is 273 g/mol. The van der Waals surface area contributed by atoms with Gasteiger partial charge in [0.1, 0.15) is 0 Å². The fraction of sp³-hybridized carbons (Fsp3) is 0. The highest BCUT2D eigenvalue weighted by molar-refractivity contribution is 9.12. The molecule has 0 aliphatic heterocycles. The minimum atomic E-state index is 0.0173. The molecule has 2 nitrogen and oxygen atoms in total. The van der Waals surface area contributed by atoms with E-state index in [4.69, 9.17) is 5.73 Å². The lowest BCUT2D eigenvalue weighted by Crippen LogP contribution is -2.05. The van der Waals surface area contributed by atoms with Crippen LogP contribution in [-0.2, 0) is 0 Å². The first-order valence-electron chi connectivity index (χ1n) is 4.91. The van der Waals surface area contributed by atoms with Crippen molar-refractivity contribution in [2.24, 2.45) is 0 Å². The molecule has 0 saturated carbocycles. The summed E-state index contributed by atoms with van der Waals surface area (Å²) in [5.74, 6) is 0.0173. The molecule has 1 aliphatic carbocycles. The summed E-state index contributed by atoms with van der Waals surface area (Å²) in [7, 11) is 0. The summed E-state index contributed by atoms with van der Waals surface area (Å²) >= 11 is 3.29. The Morgan fingerprint density at radius 3 is 2.75 bits per heavy atom. The number of allylic oxidation sites excluding steroid dienone is 1. The summed E-state index contributed by atoms with van der Waals surface area (Å²) in [6.07, 6.45) is 1.84. The SMILES string of the molecule is Nc1ccc2c3c(cccc13)C(=O)C(Br)=C2. The van der Waals surface area contributed by atoms with Gasteiger partial charge in [0.25, 0.3) is 0 Å². The molecular weight excluding hydrogens is 266 g/mol. The third-order valence-corrected chi connectivity index (χ3v) is 3.44. The fourth-order valence-electron chi connectivity index (χ4n) is 2.10. The zero-order chi connectivity index (χ0) is 11.3. The van der Waals surface area contributed by atoms with Crippen LogP contribution in [0.4, 0.5) is 5.69 Å². The van der Waals surface area contributed by atoms with Crippen LogP contribution in [-0.4, -0.2) is 5.78 Å². The zero-order valence-corrected chi connectivity index (χ0v) is 9.91. The quantitative estimate of drug-likeness (QED) is 0.748. The highest BCUT2D eigenvalue weighted by Crippen LogP contribution is 2.35. The minimum absolute atomic E-state index is 0.0173. The molecule has 2 aromatic carbocycles. The van der Waals surface area contributed by atoms with Crippen LogP contribution in [0.25, 0.3) is 16.8 Å². The molecule has 0 aromatic heterocycles. The molecule has 0 atom stereocenters. The number of rotatable bonds is 0. The second-order valence-corrected chi connectivity index (χ2v) is 4.65. The van der Waals surface area contributed by atoms with Crippen LogP contribution < -0.4 is 5.73 Å². The van der Waals surface area contributed by atoms with Gasteiger partial charge in [-0.3, -0.25) is 4.79 Å². The Hall–Kier alpha value is -1.61. The summed E-state index contributed by atoms with van der Waals surface area (Å²) in [6, 6.07) is 9.45. The predicted octanol–water partition coefficient (Wildman–Crippen LogP) is 3.35. The lowest BCUT2D eigenvalue weighted by Gasteiger charge is -2.14. The maximum Gasteiger partial charge on any atom is 0.200 e. The molecule has 0 radical (unpaired) electrons. The maximum absolute atomic E-state index is 12.0. The number of carbonyl (C=O) groups is 1. The van der Waals surface area contributed by atoms with E-state index >= 15 is 0 Å². The third-order valence-electron chi connectivity index (χ3n) is 2.85. The van der Waals surface area contributed by atoms with Crippen molar-refractivity contribution in [2.75, 3.05) is 5.73 Å². The van der Waals surface area contributed by atoms with Gasteiger partial charge in [0.2, 0.25) is 5.78 Å². The van der Waals surface area contributed by atoms with Crippen LogP contribution in [0, 0.1) is 0 Å². The van der Waals surface area contributed by atoms with Crippen molar-refractivity contribution in [3.05, 3.63) is 45.9 Å². The molecule has 0 saturated heterocycles. The summed E-state index contributed by atoms with van der Waals surface area (Å²) in [6.45, 7) is 0. The van der Waals surface area contributed by atoms with E-state index in [2.05, 4.69) is 15.9 Å². The summed E-state index contributed by atoms with van der Waals surface area (Å²) in [4.78, 5) is 12.0. The van der Waals surface area contributed by atoms with Gasteiger partial charge in [0.15, 0.2) is 0 Å². The largest absolute Gasteiger partial charge is 0.398 e. The third kappa shape index (κ3) is 1.15. The summed E-state index contributed by atoms with van der Waals surface area (Å²) in [5, 5.41) is 1.90. The molecule has 3 rings (SSSR count). The average molecular weight is 274 g/mol. The fourth-order valence-corrected chi connectivity index (χ4v) is 2.56. The number of nitrogen functional groups attached to an aromatic ring is 1. The predicted molar refractivity (Wildman–Crippen MR) is 69.6 cm³/mol. The average Bonchev–Trinajstić information content (AvgIpc) is 2.30. The van der Waals surface area contributed by atoms with E-state index in [9.17, 15) is 4.79 Å². The second-order valence-electron chi connectivity index (χ2n) is 3.79. The number of benzene rings is 2. The van der Waals surface area contributed by atoms with E-state index < -0.39 is 0 Å². The number of Topliss-reactive ketones (excluding diaryl/α,β-unsaturated/α-hetero) is 1. The summed E-state index contributed by atoms with van der Waals surface area (Å²) in [5.41, 5.74) is 8.37. The Bertz CT molecular complexity index is 658. The first-order chi connectivity index (χ1) is 7.68. The van der Waals surface area contributed by atoms with Gasteiger partial charge < -0.3 is 5.73 Å². The van der Waals surface area contributed by atoms with Crippen molar-refractivity contribution in [2.45, 2.75) is 0 Å². The molecule has 0 amide bonds. The minimum Gasteiger partial charge on any atom is -0.398 e. The smallest absolute Gasteiger partial charge is 0.200 e. The van der Waals surface area contributed by atoms with Crippen LogP contribution >= 0.6 is 15.9 Å². The number of halogens is 1. The molecule has 3 heteroatoms. The van der Waals surface area contributed by atoms with Crippen LogP contribution in [0.5, 0.6) is 0 Å². The Labute approximate surface area is 101 Å². The zero-order valence-electron chi connectivity index (χ0n) is 8.33. The van der Waals surface area contributed by atoms with E-state index in [-0.39, 0.29) is 5.78 Å². The van der Waals surface area contributed by atoms with Crippen molar-refractivity contribution in [1.82, 2.24) is 0 Å². The number of hydrogen-bond donors (Lipinski definition) is 1. The topological polar surface area (TPSA) is 43.1 Å². The van der Waals surface area contributed by atoms with Crippen molar-refractivity contribution in [1.29, 1.82) is 0 Å². The molecule has 0 unspecified atom stereocenters. The van der Waals surface area contributed by atoms with E-state index in [0.29, 0.717) is 15.7 Å². The first kappa shape index (κ1) is 9.60. The molecule has 0 spiro atoms. The molecule has 16 heavy (non-hydrogen) atoms. The van der Waals surface area contributed by atoms with Gasteiger partial charge in [0, 0.05) is 22.0 Å². The second kappa shape index (κ2) is 3.19. The molecule has 0 fully saturated rings. The molecule has 78 valence electrons. The number of ketones is 1.